The Kier molecular flexibility index (Phi) is 5.26. The third-order valence-electron chi connectivity index (χ3n) is 5.98. The first-order chi connectivity index (χ1) is 14.4. The molecule has 150 valence electrons. The van der Waals surface area contributed by atoms with E-state index in [4.69, 9.17) is 4.98 Å². The van der Waals surface area contributed by atoms with Crippen LogP contribution in [0.15, 0.2) is 66.9 Å². The lowest BCUT2D eigenvalue weighted by atomic mass is 9.95. The van der Waals surface area contributed by atoms with E-state index in [0.717, 1.165) is 11.4 Å². The summed E-state index contributed by atoms with van der Waals surface area (Å²) in [7, 11) is 2.12. The first kappa shape index (κ1) is 20.0. The molecular weight excluding hydrogens is 364 g/mol. The van der Waals surface area contributed by atoms with Crippen molar-refractivity contribution in [3.05, 3.63) is 94.8 Å². The van der Waals surface area contributed by atoms with Crippen LogP contribution in [0.4, 0.5) is 0 Å². The zero-order valence-corrected chi connectivity index (χ0v) is 18.7. The van der Waals surface area contributed by atoms with Gasteiger partial charge in [0, 0.05) is 17.2 Å². The van der Waals surface area contributed by atoms with E-state index in [1.807, 2.05) is 0 Å². The molecule has 2 heteroatoms. The summed E-state index contributed by atoms with van der Waals surface area (Å²) in [6.07, 6.45) is 2.22. The highest BCUT2D eigenvalue weighted by molar-refractivity contribution is 5.74. The number of rotatable bonds is 3. The minimum atomic E-state index is 1.06. The summed E-state index contributed by atoms with van der Waals surface area (Å²) in [4.78, 5) is 5.02. The third-order valence-corrected chi connectivity index (χ3v) is 5.98. The second-order valence-electron chi connectivity index (χ2n) is 8.28. The average Bonchev–Trinajstić information content (AvgIpc) is 2.69. The van der Waals surface area contributed by atoms with Crippen LogP contribution in [0.3, 0.4) is 0 Å². The standard InChI is InChI=1S/C28H29N2/c1-18-10-7-8-13-24(18)23-14-15-26(30(6)17-23)28-21(4)16-25(29-22(28)5)27-19(2)11-9-12-20(27)3/h7-17H,1-6H3/q+1. The van der Waals surface area contributed by atoms with Crippen molar-refractivity contribution < 1.29 is 4.57 Å². The highest BCUT2D eigenvalue weighted by Crippen LogP contribution is 2.32. The molecule has 0 amide bonds. The first-order valence-electron chi connectivity index (χ1n) is 10.5. The summed E-state index contributed by atoms with van der Waals surface area (Å²) in [5, 5.41) is 0. The van der Waals surface area contributed by atoms with Crippen molar-refractivity contribution in [1.29, 1.82) is 0 Å². The van der Waals surface area contributed by atoms with Crippen LogP contribution in [0.1, 0.15) is 27.9 Å². The van der Waals surface area contributed by atoms with E-state index < -0.39 is 0 Å². The first-order valence-corrected chi connectivity index (χ1v) is 10.5. The number of nitrogens with zero attached hydrogens (tertiary/aromatic N) is 2. The lowest BCUT2D eigenvalue weighted by Crippen LogP contribution is -2.31. The largest absolute Gasteiger partial charge is 0.252 e. The Bertz CT molecular complexity index is 1210. The number of hydrogen-bond acceptors (Lipinski definition) is 1. The minimum Gasteiger partial charge on any atom is -0.252 e. The molecule has 2 nitrogen and oxygen atoms in total. The van der Waals surface area contributed by atoms with Gasteiger partial charge in [-0.1, -0.05) is 42.5 Å². The van der Waals surface area contributed by atoms with Gasteiger partial charge in [-0.3, -0.25) is 4.98 Å². The SMILES string of the molecule is Cc1ccccc1-c1ccc(-c2c(C)cc(-c3c(C)cccc3C)nc2C)[n+](C)c1. The number of hydrogen-bond donors (Lipinski definition) is 0. The molecule has 4 rings (SSSR count). The third kappa shape index (κ3) is 3.54. The predicted octanol–water partition coefficient (Wildman–Crippen LogP) is 6.45. The van der Waals surface area contributed by atoms with Crippen molar-refractivity contribution >= 4 is 0 Å². The summed E-state index contributed by atoms with van der Waals surface area (Å²) < 4.78 is 2.22. The van der Waals surface area contributed by atoms with Gasteiger partial charge in [-0.05, 0) is 74.6 Å². The fourth-order valence-electron chi connectivity index (χ4n) is 4.49. The summed E-state index contributed by atoms with van der Waals surface area (Å²) in [5.74, 6) is 0. The Morgan fingerprint density at radius 2 is 1.33 bits per heavy atom. The second-order valence-corrected chi connectivity index (χ2v) is 8.28. The van der Waals surface area contributed by atoms with Gasteiger partial charge in [-0.2, -0.15) is 0 Å². The molecule has 0 radical (unpaired) electrons. The average molecular weight is 394 g/mol. The van der Waals surface area contributed by atoms with Crippen LogP contribution in [0, 0.1) is 34.6 Å². The maximum Gasteiger partial charge on any atom is 0.214 e. The Morgan fingerprint density at radius 1 is 0.667 bits per heavy atom. The molecule has 0 saturated heterocycles. The molecule has 0 saturated carbocycles. The molecule has 0 atom stereocenters. The van der Waals surface area contributed by atoms with Gasteiger partial charge in [-0.25, -0.2) is 4.57 Å². The van der Waals surface area contributed by atoms with Gasteiger partial charge in [0.2, 0.25) is 5.69 Å². The summed E-state index contributed by atoms with van der Waals surface area (Å²) in [6.45, 7) is 10.8. The molecular formula is C28H29N2+. The van der Waals surface area contributed by atoms with Crippen LogP contribution < -0.4 is 4.57 Å². The van der Waals surface area contributed by atoms with E-state index in [2.05, 4.69) is 113 Å². The molecule has 0 N–H and O–H groups in total. The molecule has 4 aromatic rings. The molecule has 2 aromatic heterocycles. The van der Waals surface area contributed by atoms with E-state index in [-0.39, 0.29) is 0 Å². The lowest BCUT2D eigenvalue weighted by molar-refractivity contribution is -0.659. The van der Waals surface area contributed by atoms with Gasteiger partial charge < -0.3 is 0 Å². The monoisotopic (exact) mass is 393 g/mol. The number of benzene rings is 2. The van der Waals surface area contributed by atoms with Crippen molar-refractivity contribution in [2.45, 2.75) is 34.6 Å². The zero-order chi connectivity index (χ0) is 21.4. The maximum absolute atomic E-state index is 5.02. The van der Waals surface area contributed by atoms with Gasteiger partial charge in [0.1, 0.15) is 7.05 Å². The van der Waals surface area contributed by atoms with Gasteiger partial charge in [-0.15, -0.1) is 0 Å². The number of aromatic nitrogens is 2. The molecule has 0 bridgehead atoms. The lowest BCUT2D eigenvalue weighted by Gasteiger charge is -2.14. The highest BCUT2D eigenvalue weighted by Gasteiger charge is 2.19. The quantitative estimate of drug-likeness (QED) is 0.366. The van der Waals surface area contributed by atoms with E-state index in [0.29, 0.717) is 0 Å². The van der Waals surface area contributed by atoms with Gasteiger partial charge in [0.25, 0.3) is 0 Å². The Hall–Kier alpha value is -3.26. The highest BCUT2D eigenvalue weighted by atomic mass is 14.9. The predicted molar refractivity (Wildman–Crippen MR) is 125 cm³/mol. The van der Waals surface area contributed by atoms with Crippen molar-refractivity contribution in [2.75, 3.05) is 0 Å². The van der Waals surface area contributed by atoms with Crippen LogP contribution in [-0.2, 0) is 7.05 Å². The van der Waals surface area contributed by atoms with Gasteiger partial charge in [0.05, 0.1) is 17.0 Å². The molecule has 2 aromatic carbocycles. The minimum absolute atomic E-state index is 1.06. The summed E-state index contributed by atoms with van der Waals surface area (Å²) >= 11 is 0. The number of pyridine rings is 2. The van der Waals surface area contributed by atoms with Crippen molar-refractivity contribution in [2.24, 2.45) is 7.05 Å². The molecule has 0 aliphatic carbocycles. The van der Waals surface area contributed by atoms with Crippen LogP contribution in [-0.4, -0.2) is 4.98 Å². The summed E-state index contributed by atoms with van der Waals surface area (Å²) in [5.41, 5.74) is 13.3. The van der Waals surface area contributed by atoms with Crippen LogP contribution in [0.2, 0.25) is 0 Å². The Morgan fingerprint density at radius 3 is 1.97 bits per heavy atom. The topological polar surface area (TPSA) is 16.8 Å². The fourth-order valence-corrected chi connectivity index (χ4v) is 4.49. The molecule has 0 fully saturated rings. The van der Waals surface area contributed by atoms with Crippen LogP contribution in [0.5, 0.6) is 0 Å². The Labute approximate surface area is 179 Å². The molecule has 30 heavy (non-hydrogen) atoms. The molecule has 0 aliphatic heterocycles. The molecule has 0 aliphatic rings. The van der Waals surface area contributed by atoms with Crippen LogP contribution >= 0.6 is 0 Å². The number of aryl methyl sites for hydroxylation is 6. The molecule has 2 heterocycles. The second kappa shape index (κ2) is 7.87. The van der Waals surface area contributed by atoms with Crippen LogP contribution in [0.25, 0.3) is 33.6 Å². The van der Waals surface area contributed by atoms with Crippen molar-refractivity contribution in [1.82, 2.24) is 4.98 Å². The zero-order valence-electron chi connectivity index (χ0n) is 18.7. The van der Waals surface area contributed by atoms with Gasteiger partial charge in [0.15, 0.2) is 6.20 Å². The van der Waals surface area contributed by atoms with E-state index >= 15 is 0 Å². The molecule has 0 unspecified atom stereocenters. The smallest absolute Gasteiger partial charge is 0.214 e. The van der Waals surface area contributed by atoms with Crippen molar-refractivity contribution in [3.63, 3.8) is 0 Å². The summed E-state index contributed by atoms with van der Waals surface area (Å²) in [6, 6.07) is 21.6. The fraction of sp³-hybridized carbons (Fsp3) is 0.214. The molecule has 0 spiro atoms. The van der Waals surface area contributed by atoms with Crippen molar-refractivity contribution in [3.8, 4) is 33.6 Å². The maximum atomic E-state index is 5.02. The van der Waals surface area contributed by atoms with E-state index in [9.17, 15) is 0 Å². The van der Waals surface area contributed by atoms with E-state index in [1.165, 1.54) is 50.2 Å². The Balaban J connectivity index is 1.81. The normalized spacial score (nSPS) is 11.0. The van der Waals surface area contributed by atoms with Gasteiger partial charge >= 0.3 is 0 Å². The van der Waals surface area contributed by atoms with E-state index in [1.54, 1.807) is 0 Å².